The van der Waals surface area contributed by atoms with Gasteiger partial charge in [-0.2, -0.15) is 0 Å². The summed E-state index contributed by atoms with van der Waals surface area (Å²) in [6.07, 6.45) is 10.1. The van der Waals surface area contributed by atoms with Crippen LogP contribution in [-0.2, 0) is 25.5 Å². The summed E-state index contributed by atoms with van der Waals surface area (Å²) in [6, 6.07) is 3.12. The van der Waals surface area contributed by atoms with Gasteiger partial charge in [-0.15, -0.1) is 0 Å². The average Bonchev–Trinajstić information content (AvgIpc) is 3.50. The minimum Gasteiger partial charge on any atom is -0.483 e. The van der Waals surface area contributed by atoms with Crippen LogP contribution in [-0.4, -0.2) is 70.1 Å². The zero-order valence-corrected chi connectivity index (χ0v) is 24.9. The minimum absolute atomic E-state index is 0.0819. The highest BCUT2D eigenvalue weighted by molar-refractivity contribution is 6.01. The summed E-state index contributed by atoms with van der Waals surface area (Å²) in [6.45, 7) is 11.8. The summed E-state index contributed by atoms with van der Waals surface area (Å²) >= 11 is 0. The first-order chi connectivity index (χ1) is 19.3. The molecule has 4 heterocycles. The molecule has 2 aromatic rings. The van der Waals surface area contributed by atoms with Crippen molar-refractivity contribution in [3.05, 3.63) is 47.2 Å². The number of amides is 1. The molecule has 0 radical (unpaired) electrons. The van der Waals surface area contributed by atoms with Gasteiger partial charge in [-0.1, -0.05) is 6.08 Å². The van der Waals surface area contributed by atoms with E-state index in [2.05, 4.69) is 0 Å². The van der Waals surface area contributed by atoms with Crippen molar-refractivity contribution in [3.8, 4) is 5.75 Å². The molecule has 0 N–H and O–H groups in total. The molecule has 0 saturated carbocycles. The molecular weight excluding hydrogens is 522 g/mol. The molecule has 1 fully saturated rings. The molecule has 9 nitrogen and oxygen atoms in total. The number of aromatic nitrogens is 1. The van der Waals surface area contributed by atoms with Crippen LogP contribution in [0.25, 0.3) is 17.0 Å². The summed E-state index contributed by atoms with van der Waals surface area (Å²) in [5.74, 6) is 1.09. The fourth-order valence-corrected chi connectivity index (χ4v) is 6.05. The van der Waals surface area contributed by atoms with Gasteiger partial charge in [-0.3, -0.25) is 14.2 Å². The average molecular weight is 562 g/mol. The standard InChI is InChI=1S/C32H39N3O6/c1-20(19-36)11-15-32-13-8-16-35(32)27(37)24(33-28(32)39-7)17-21-18-34(29(38)41-30(2,3)4)26-22(21)9-10-25-23(26)12-14-31(5,6)40-25/h9-12,14,18-19,24H,8,13,15-17H2,1-7H3/b20-11+/t24-,32-/m1/s1. The van der Waals surface area contributed by atoms with Gasteiger partial charge in [0.1, 0.15) is 34.8 Å². The minimum atomic E-state index is -0.716. The Bertz CT molecular complexity index is 1510. The highest BCUT2D eigenvalue weighted by Crippen LogP contribution is 2.41. The molecule has 1 saturated heterocycles. The van der Waals surface area contributed by atoms with E-state index in [0.29, 0.717) is 42.1 Å². The number of aldehydes is 1. The summed E-state index contributed by atoms with van der Waals surface area (Å²) < 4.78 is 19.3. The Morgan fingerprint density at radius 1 is 1.27 bits per heavy atom. The Hall–Kier alpha value is -3.88. The van der Waals surface area contributed by atoms with Crippen LogP contribution in [0.5, 0.6) is 5.75 Å². The second-order valence-corrected chi connectivity index (χ2v) is 12.7. The van der Waals surface area contributed by atoms with Gasteiger partial charge in [-0.05, 0) is 96.2 Å². The number of rotatable bonds is 5. The van der Waals surface area contributed by atoms with Gasteiger partial charge in [-0.25, -0.2) is 9.79 Å². The molecular formula is C32H39N3O6. The Labute approximate surface area is 240 Å². The summed E-state index contributed by atoms with van der Waals surface area (Å²) in [4.78, 5) is 45.3. The highest BCUT2D eigenvalue weighted by Gasteiger charge is 2.53. The lowest BCUT2D eigenvalue weighted by Crippen LogP contribution is -2.60. The molecule has 5 rings (SSSR count). The van der Waals surface area contributed by atoms with E-state index in [-0.39, 0.29) is 12.3 Å². The fourth-order valence-electron chi connectivity index (χ4n) is 6.05. The second kappa shape index (κ2) is 10.2. The third-order valence-electron chi connectivity index (χ3n) is 7.93. The third kappa shape index (κ3) is 5.18. The number of hydrogen-bond donors (Lipinski definition) is 0. The highest BCUT2D eigenvalue weighted by atomic mass is 16.6. The van der Waals surface area contributed by atoms with E-state index < -0.39 is 28.9 Å². The summed E-state index contributed by atoms with van der Waals surface area (Å²) in [5, 5.41) is 0.826. The number of fused-ring (bicyclic) bond motifs is 4. The number of allylic oxidation sites excluding steroid dienone is 1. The van der Waals surface area contributed by atoms with E-state index in [1.54, 1.807) is 20.2 Å². The van der Waals surface area contributed by atoms with Crippen molar-refractivity contribution in [2.75, 3.05) is 13.7 Å². The zero-order valence-electron chi connectivity index (χ0n) is 24.9. The van der Waals surface area contributed by atoms with Gasteiger partial charge in [0.25, 0.3) is 0 Å². The smallest absolute Gasteiger partial charge is 0.419 e. The first-order valence-corrected chi connectivity index (χ1v) is 14.1. The van der Waals surface area contributed by atoms with Gasteiger partial charge >= 0.3 is 6.09 Å². The number of benzene rings is 1. The number of carbonyl (C=O) groups is 3. The summed E-state index contributed by atoms with van der Waals surface area (Å²) in [5.41, 5.74) is 1.00. The first kappa shape index (κ1) is 28.6. The van der Waals surface area contributed by atoms with Crippen LogP contribution in [0.4, 0.5) is 4.79 Å². The third-order valence-corrected chi connectivity index (χ3v) is 7.93. The quantitative estimate of drug-likeness (QED) is 0.354. The Balaban J connectivity index is 1.59. The normalized spacial score (nSPS) is 23.5. The van der Waals surface area contributed by atoms with Gasteiger partial charge in [0, 0.05) is 30.1 Å². The predicted molar refractivity (Wildman–Crippen MR) is 157 cm³/mol. The lowest BCUT2D eigenvalue weighted by Gasteiger charge is -2.42. The number of carbonyl (C=O) groups excluding carboxylic acids is 3. The molecule has 0 spiro atoms. The van der Waals surface area contributed by atoms with Crippen molar-refractivity contribution in [2.24, 2.45) is 4.99 Å². The van der Waals surface area contributed by atoms with Crippen LogP contribution in [0.2, 0.25) is 0 Å². The lowest BCUT2D eigenvalue weighted by atomic mass is 9.87. The van der Waals surface area contributed by atoms with Crippen LogP contribution in [0, 0.1) is 0 Å². The number of hydrogen-bond acceptors (Lipinski definition) is 7. The maximum absolute atomic E-state index is 13.9. The second-order valence-electron chi connectivity index (χ2n) is 12.7. The van der Waals surface area contributed by atoms with Gasteiger partial charge in [0.05, 0.1) is 12.6 Å². The Morgan fingerprint density at radius 3 is 2.71 bits per heavy atom. The van der Waals surface area contributed by atoms with Crippen LogP contribution in [0.3, 0.4) is 0 Å². The van der Waals surface area contributed by atoms with E-state index in [1.807, 2.05) is 69.9 Å². The number of ether oxygens (including phenoxy) is 3. The molecule has 1 amide bonds. The number of methoxy groups -OCH3 is 1. The van der Waals surface area contributed by atoms with Gasteiger partial charge < -0.3 is 19.1 Å². The summed E-state index contributed by atoms with van der Waals surface area (Å²) in [7, 11) is 1.58. The number of nitrogens with zero attached hydrogens (tertiary/aromatic N) is 3. The van der Waals surface area contributed by atoms with E-state index in [0.717, 1.165) is 29.2 Å². The molecule has 218 valence electrons. The van der Waals surface area contributed by atoms with Crippen LogP contribution in [0.15, 0.2) is 41.0 Å². The molecule has 2 atom stereocenters. The maximum Gasteiger partial charge on any atom is 0.419 e. The van der Waals surface area contributed by atoms with Crippen molar-refractivity contribution in [1.82, 2.24) is 9.47 Å². The van der Waals surface area contributed by atoms with E-state index >= 15 is 0 Å². The molecule has 9 heteroatoms. The van der Waals surface area contributed by atoms with Crippen molar-refractivity contribution >= 4 is 41.2 Å². The van der Waals surface area contributed by atoms with Gasteiger partial charge in [0.2, 0.25) is 11.8 Å². The van der Waals surface area contributed by atoms with Crippen LogP contribution in [0.1, 0.15) is 71.9 Å². The van der Waals surface area contributed by atoms with Crippen molar-refractivity contribution in [3.63, 3.8) is 0 Å². The molecule has 0 aliphatic carbocycles. The fraction of sp³-hybridized carbons (Fsp3) is 0.500. The number of aliphatic imine (C=N–C) groups is 1. The molecule has 3 aliphatic rings. The Kier molecular flexibility index (Phi) is 7.12. The zero-order chi connectivity index (χ0) is 29.7. The Morgan fingerprint density at radius 2 is 2.02 bits per heavy atom. The van der Waals surface area contributed by atoms with Crippen molar-refractivity contribution < 1.29 is 28.6 Å². The molecule has 0 unspecified atom stereocenters. The molecule has 1 aromatic heterocycles. The maximum atomic E-state index is 13.9. The van der Waals surface area contributed by atoms with Crippen molar-refractivity contribution in [2.45, 2.75) is 90.0 Å². The van der Waals surface area contributed by atoms with E-state index in [1.165, 1.54) is 4.57 Å². The largest absolute Gasteiger partial charge is 0.483 e. The SMILES string of the molecule is COC1=N[C@H](Cc2cn(C(=O)OC(C)(C)C)c3c4c(ccc23)OC(C)(C)C=C4)C(=O)N2CCC[C@@]12C/C=C(\C)C=O. The van der Waals surface area contributed by atoms with Gasteiger partial charge in [0.15, 0.2) is 0 Å². The van der Waals surface area contributed by atoms with Crippen LogP contribution >= 0.6 is 0 Å². The van der Waals surface area contributed by atoms with Crippen molar-refractivity contribution in [1.29, 1.82) is 0 Å². The van der Waals surface area contributed by atoms with E-state index in [9.17, 15) is 14.4 Å². The first-order valence-electron chi connectivity index (χ1n) is 14.1. The molecule has 41 heavy (non-hydrogen) atoms. The van der Waals surface area contributed by atoms with E-state index in [4.69, 9.17) is 19.2 Å². The molecule has 1 aromatic carbocycles. The van der Waals surface area contributed by atoms with Crippen LogP contribution < -0.4 is 4.74 Å². The molecule has 3 aliphatic heterocycles. The topological polar surface area (TPSA) is 99.4 Å². The lowest BCUT2D eigenvalue weighted by molar-refractivity contribution is -0.136. The monoisotopic (exact) mass is 561 g/mol. The molecule has 0 bridgehead atoms. The predicted octanol–water partition coefficient (Wildman–Crippen LogP) is 5.47.